The van der Waals surface area contributed by atoms with Crippen molar-refractivity contribution in [3.8, 4) is 0 Å². The van der Waals surface area contributed by atoms with Gasteiger partial charge in [0.2, 0.25) is 17.7 Å². The topological polar surface area (TPSA) is 296 Å². The number of hydrogen-bond donors (Lipinski definition) is 5. The maximum Gasteiger partial charge on any atom is 0.407 e. The van der Waals surface area contributed by atoms with Crippen molar-refractivity contribution in [1.29, 1.82) is 0 Å². The van der Waals surface area contributed by atoms with Crippen LogP contribution in [0.1, 0.15) is 98.5 Å². The van der Waals surface area contributed by atoms with E-state index in [1.54, 1.807) is 6.92 Å². The van der Waals surface area contributed by atoms with Gasteiger partial charge in [-0.2, -0.15) is 0 Å². The van der Waals surface area contributed by atoms with Gasteiger partial charge < -0.3 is 107 Å². The second-order valence-corrected chi connectivity index (χ2v) is 31.0. The van der Waals surface area contributed by atoms with Crippen LogP contribution in [0.2, 0.25) is 0 Å². The smallest absolute Gasteiger partial charge is 0.407 e. The minimum absolute atomic E-state index is 0.00298. The van der Waals surface area contributed by atoms with E-state index in [1.807, 2.05) is 224 Å². The summed E-state index contributed by atoms with van der Waals surface area (Å²) in [6, 6.07) is 71.8. The quantitative estimate of drug-likeness (QED) is 0.0239. The Bertz CT molecular complexity index is 4740. The number of rotatable bonds is 33. The van der Waals surface area contributed by atoms with E-state index in [-0.39, 0.29) is 59.4 Å². The number of ether oxygens (including phenoxy) is 16. The minimum atomic E-state index is -1.57. The summed E-state index contributed by atoms with van der Waals surface area (Å²) in [6.45, 7) is 6.42. The molecule has 5 N–H and O–H groups in total. The molecular weight excluding hydrogens is 1530 g/mol. The highest BCUT2D eigenvalue weighted by atomic mass is 16.8. The van der Waals surface area contributed by atoms with E-state index in [2.05, 4.69) is 28.1 Å². The maximum absolute atomic E-state index is 14.4. The number of nitrogens with zero attached hydrogens (tertiary/aromatic N) is 1. The summed E-state index contributed by atoms with van der Waals surface area (Å²) in [4.78, 5) is 56.1. The Kier molecular flexibility index (Phi) is 28.9. The predicted molar refractivity (Wildman–Crippen MR) is 435 cm³/mol. The maximum atomic E-state index is 14.4. The lowest BCUT2D eigenvalue weighted by Gasteiger charge is -2.54. The molecule has 6 aliphatic rings. The molecule has 6 aliphatic heterocycles. The van der Waals surface area contributed by atoms with Crippen LogP contribution in [0.3, 0.4) is 0 Å². The molecule has 26 heteroatoms. The Labute approximate surface area is 691 Å². The molecule has 0 bridgehead atoms. The highest BCUT2D eigenvalue weighted by Crippen LogP contribution is 2.43. The second kappa shape index (κ2) is 40.7. The average molecular weight is 1630 g/mol. The molecule has 0 radical (unpaired) electrons. The monoisotopic (exact) mass is 1630 g/mol. The molecule has 0 unspecified atom stereocenters. The summed E-state index contributed by atoms with van der Waals surface area (Å²) >= 11 is 0. The van der Waals surface area contributed by atoms with Crippen LogP contribution in [0.4, 0.5) is 4.79 Å². The third-order valence-corrected chi connectivity index (χ3v) is 22.2. The Morgan fingerprint density at radius 3 is 1.39 bits per heavy atom. The van der Waals surface area contributed by atoms with E-state index in [1.165, 1.54) is 25.7 Å². The van der Waals surface area contributed by atoms with Gasteiger partial charge in [0.15, 0.2) is 37.7 Å². The van der Waals surface area contributed by atoms with Gasteiger partial charge in [-0.3, -0.25) is 14.4 Å². The van der Waals surface area contributed by atoms with Gasteiger partial charge in [-0.1, -0.05) is 224 Å². The van der Waals surface area contributed by atoms with Gasteiger partial charge in [-0.25, -0.2) is 4.79 Å². The van der Waals surface area contributed by atoms with Crippen molar-refractivity contribution in [2.24, 2.45) is 0 Å². The third kappa shape index (κ3) is 21.6. The molecule has 0 aliphatic carbocycles. The van der Waals surface area contributed by atoms with Gasteiger partial charge in [-0.05, 0) is 87.7 Å². The molecule has 0 spiro atoms. The standard InChI is InChI=1S/C93H104N4O22/c1-57-78(101)82(118-90-76(95-59(3)99)83(106-51-63-31-15-7-16-32-63)79-73(112-90)55-109-87(115-79)68-35-17-8-18-36-68)75(94-58(2)98)89(111-57)119-84-77(96-60(4)100)91(113-74-56-110-88(116-80(74)84)69-37-19-9-20-38-69)117-81-72(54-104-50-62-29-13-6-14-30-62)114-92(105-46-26-10-25-45-97(93(102)103)49-61-27-11-5-12-28-61)86(108-53-65-42-44-67-34-22-24-40-71(67)48-65)85(81)107-52-64-41-43-66-33-21-23-39-70(66)47-64/h5-9,11-24,27-44,47-48,57,72-92,101H,10,25-26,45-46,49-56H2,1-4H3,(H,94,98)(H,95,99)(H,96,100)(H,102,103)/t57-,72+,73+,74+,75-,76-,77+,78+,79+,80-,81-,82-,83+,84+,85-,86+,87+,88-,89-,90-,91+,92-/m0/s1. The molecule has 6 fully saturated rings. The molecule has 9 aromatic carbocycles. The first kappa shape index (κ1) is 84.5. The number of aliphatic hydroxyl groups is 1. The fraction of sp³-hybridized carbons (Fsp3) is 0.419. The van der Waals surface area contributed by atoms with E-state index >= 15 is 0 Å². The number of carbonyl (C=O) groups excluding carboxylic acids is 3. The van der Waals surface area contributed by atoms with E-state index in [9.17, 15) is 29.4 Å². The van der Waals surface area contributed by atoms with Crippen LogP contribution in [0.15, 0.2) is 237 Å². The summed E-state index contributed by atoms with van der Waals surface area (Å²) in [5.41, 5.74) is 5.67. The Hall–Kier alpha value is -9.50. The van der Waals surface area contributed by atoms with Crippen LogP contribution < -0.4 is 16.0 Å². The molecule has 6 heterocycles. The van der Waals surface area contributed by atoms with Crippen molar-refractivity contribution in [1.82, 2.24) is 20.9 Å². The van der Waals surface area contributed by atoms with Gasteiger partial charge in [-0.15, -0.1) is 0 Å². The Morgan fingerprint density at radius 1 is 0.412 bits per heavy atom. The van der Waals surface area contributed by atoms with E-state index in [0.717, 1.165) is 54.9 Å². The van der Waals surface area contributed by atoms with Gasteiger partial charge in [0.05, 0.1) is 52.4 Å². The van der Waals surface area contributed by atoms with E-state index in [4.69, 9.17) is 75.8 Å². The summed E-state index contributed by atoms with van der Waals surface area (Å²) < 4.78 is 112. The van der Waals surface area contributed by atoms with Crippen molar-refractivity contribution in [3.63, 3.8) is 0 Å². The summed E-state index contributed by atoms with van der Waals surface area (Å²) in [5.74, 6) is -1.56. The number of nitrogens with one attached hydrogen (secondary N) is 3. The molecule has 26 nitrogen and oxygen atoms in total. The summed E-state index contributed by atoms with van der Waals surface area (Å²) in [6.07, 6.45) is -21.7. The highest BCUT2D eigenvalue weighted by molar-refractivity contribution is 5.84. The van der Waals surface area contributed by atoms with Crippen LogP contribution in [0, 0.1) is 0 Å². The largest absolute Gasteiger partial charge is 0.465 e. The molecule has 4 amide bonds. The fourth-order valence-electron chi connectivity index (χ4n) is 16.4. The first-order valence-corrected chi connectivity index (χ1v) is 40.9. The lowest BCUT2D eigenvalue weighted by atomic mass is 9.92. The number of unbranched alkanes of at least 4 members (excludes halogenated alkanes) is 2. The predicted octanol–water partition coefficient (Wildman–Crippen LogP) is 11.8. The number of aliphatic hydroxyl groups excluding tert-OH is 1. The van der Waals surface area contributed by atoms with Crippen LogP contribution in [-0.2, 0) is 123 Å². The van der Waals surface area contributed by atoms with Gasteiger partial charge in [0.25, 0.3) is 0 Å². The minimum Gasteiger partial charge on any atom is -0.465 e. The Balaban J connectivity index is 0.785. The number of fused-ring (bicyclic) bond motifs is 4. The number of benzene rings is 9. The lowest BCUT2D eigenvalue weighted by molar-refractivity contribution is -0.394. The van der Waals surface area contributed by atoms with Gasteiger partial charge >= 0.3 is 6.09 Å². The van der Waals surface area contributed by atoms with Gasteiger partial charge in [0.1, 0.15) is 91.4 Å². The SMILES string of the molecule is CC(=O)N[C@@H]1[C@H](O[C@@H]2[C@@H](NC(C)=O)[C@@H](O[C@@H]3[C@H](OCc4ccc5ccccc5c4)[C@@H](OCc4ccc5ccccc5c4)[C@@H](OCCCCCN(Cc4ccccc4)C(=O)O)O[C@@H]3COCc3ccccc3)O[C@@H]3CO[C@H](c4ccccc4)O[C@H]23)O[C@@H](C)[C@@H](O)[C@H]1O[C@@H]1O[C@@H]2CO[C@@H](c3ccccc3)O[C@H]2[C@H](OCc2ccccc2)[C@@H]1NC(C)=O. The van der Waals surface area contributed by atoms with Crippen LogP contribution in [-0.4, -0.2) is 195 Å². The molecule has 628 valence electrons. The number of carboxylic acid groups (broad SMARTS) is 1. The molecule has 15 rings (SSSR count). The average Bonchev–Trinajstić information content (AvgIpc) is 0.752. The molecule has 6 saturated heterocycles. The number of amides is 4. The van der Waals surface area contributed by atoms with Crippen LogP contribution >= 0.6 is 0 Å². The lowest BCUT2D eigenvalue weighted by Crippen LogP contribution is -2.72. The molecule has 22 atom stereocenters. The number of carbonyl (C=O) groups is 4. The zero-order chi connectivity index (χ0) is 82.1. The van der Waals surface area contributed by atoms with Crippen molar-refractivity contribution in [2.75, 3.05) is 33.0 Å². The zero-order valence-electron chi connectivity index (χ0n) is 66.9. The number of hydrogen-bond acceptors (Lipinski definition) is 21. The van der Waals surface area contributed by atoms with Crippen LogP contribution in [0.25, 0.3) is 21.5 Å². The normalized spacial score (nSPS) is 29.4. The zero-order valence-corrected chi connectivity index (χ0v) is 66.9. The summed E-state index contributed by atoms with van der Waals surface area (Å²) in [7, 11) is 0. The van der Waals surface area contributed by atoms with E-state index < -0.39 is 159 Å². The van der Waals surface area contributed by atoms with Crippen molar-refractivity contribution in [3.05, 3.63) is 276 Å². The fourth-order valence-corrected chi connectivity index (χ4v) is 16.4. The summed E-state index contributed by atoms with van der Waals surface area (Å²) in [5, 5.41) is 36.2. The highest BCUT2D eigenvalue weighted by Gasteiger charge is 2.60. The second-order valence-electron chi connectivity index (χ2n) is 31.0. The Morgan fingerprint density at radius 2 is 0.849 bits per heavy atom. The first-order chi connectivity index (χ1) is 58.1. The molecular formula is C93H104N4O22. The van der Waals surface area contributed by atoms with Crippen molar-refractivity contribution in [2.45, 2.75) is 215 Å². The van der Waals surface area contributed by atoms with E-state index in [0.29, 0.717) is 31.4 Å². The van der Waals surface area contributed by atoms with Crippen molar-refractivity contribution >= 4 is 45.4 Å². The third-order valence-electron chi connectivity index (χ3n) is 22.2. The molecule has 0 saturated carbocycles. The van der Waals surface area contributed by atoms with Crippen LogP contribution in [0.5, 0.6) is 0 Å². The molecule has 9 aromatic rings. The van der Waals surface area contributed by atoms with Crippen molar-refractivity contribution < 1.29 is 105 Å². The molecule has 0 aromatic heterocycles. The first-order valence-electron chi connectivity index (χ1n) is 40.9. The van der Waals surface area contributed by atoms with Gasteiger partial charge in [0, 0.05) is 51.6 Å². The molecule has 119 heavy (non-hydrogen) atoms.